The molecule has 0 aliphatic rings. The van der Waals surface area contributed by atoms with Crippen LogP contribution in [0.25, 0.3) is 0 Å². The highest BCUT2D eigenvalue weighted by molar-refractivity contribution is 8.76. The van der Waals surface area contributed by atoms with Crippen LogP contribution in [-0.2, 0) is 14.9 Å². The van der Waals surface area contributed by atoms with Crippen LogP contribution in [-0.4, -0.2) is 34.9 Å². The number of rotatable bonds is 7. The molecule has 0 saturated heterocycles. The van der Waals surface area contributed by atoms with Gasteiger partial charge in [-0.15, -0.1) is 0 Å². The summed E-state index contributed by atoms with van der Waals surface area (Å²) in [7, 11) is -1.76. The third-order valence-corrected chi connectivity index (χ3v) is 5.51. The quantitative estimate of drug-likeness (QED) is 0.165. The monoisotopic (exact) mass is 323 g/mol. The zero-order chi connectivity index (χ0) is 14.3. The summed E-state index contributed by atoms with van der Waals surface area (Å²) < 4.78 is 30.9. The van der Waals surface area contributed by atoms with Gasteiger partial charge in [-0.1, -0.05) is 16.9 Å². The van der Waals surface area contributed by atoms with Crippen molar-refractivity contribution in [2.45, 2.75) is 16.7 Å². The third kappa shape index (κ3) is 5.78. The SMILES string of the molecule is NNC(=O)C(CCSSc1ccccn1)S(=O)(=O)O. The summed E-state index contributed by atoms with van der Waals surface area (Å²) in [6.07, 6.45) is 1.61. The van der Waals surface area contributed by atoms with E-state index in [-0.39, 0.29) is 6.42 Å². The molecule has 4 N–H and O–H groups in total. The molecule has 10 heteroatoms. The smallest absolute Gasteiger partial charge is 0.277 e. The molecule has 0 aliphatic carbocycles. The molecule has 1 aromatic heterocycles. The number of carbonyl (C=O) groups excluding carboxylic acids is 1. The Hall–Kier alpha value is -0.810. The molecule has 1 amide bonds. The number of hydrogen-bond acceptors (Lipinski definition) is 7. The molecule has 0 aliphatic heterocycles. The molecule has 0 aromatic carbocycles. The van der Waals surface area contributed by atoms with Crippen LogP contribution in [0.4, 0.5) is 0 Å². The molecule has 19 heavy (non-hydrogen) atoms. The second kappa shape index (κ2) is 7.70. The van der Waals surface area contributed by atoms with Gasteiger partial charge in [-0.25, -0.2) is 10.8 Å². The van der Waals surface area contributed by atoms with Gasteiger partial charge in [0.25, 0.3) is 16.0 Å². The van der Waals surface area contributed by atoms with E-state index in [1.54, 1.807) is 17.7 Å². The van der Waals surface area contributed by atoms with Gasteiger partial charge < -0.3 is 0 Å². The normalized spacial score (nSPS) is 12.9. The van der Waals surface area contributed by atoms with Crippen molar-refractivity contribution in [2.24, 2.45) is 5.84 Å². The van der Waals surface area contributed by atoms with E-state index < -0.39 is 21.3 Å². The highest BCUT2D eigenvalue weighted by atomic mass is 33.1. The fourth-order valence-corrected chi connectivity index (χ4v) is 4.04. The van der Waals surface area contributed by atoms with Gasteiger partial charge in [-0.05, 0) is 29.3 Å². The molecule has 106 valence electrons. The maximum absolute atomic E-state index is 11.2. The Kier molecular flexibility index (Phi) is 6.58. The van der Waals surface area contributed by atoms with Crippen LogP contribution in [0, 0.1) is 0 Å². The Morgan fingerprint density at radius 3 is 2.79 bits per heavy atom. The first-order valence-corrected chi connectivity index (χ1v) is 8.94. The molecular formula is C9H13N3O4S3. The van der Waals surface area contributed by atoms with Gasteiger partial charge in [0.1, 0.15) is 5.03 Å². The Morgan fingerprint density at radius 1 is 1.53 bits per heavy atom. The first kappa shape index (κ1) is 16.2. The largest absolute Gasteiger partial charge is 0.293 e. The summed E-state index contributed by atoms with van der Waals surface area (Å²) in [5.74, 6) is 4.29. The number of aromatic nitrogens is 1. The van der Waals surface area contributed by atoms with Crippen molar-refractivity contribution in [3.63, 3.8) is 0 Å². The number of carbonyl (C=O) groups is 1. The number of pyridine rings is 1. The molecule has 7 nitrogen and oxygen atoms in total. The number of nitrogens with zero attached hydrogens (tertiary/aromatic N) is 1. The summed E-state index contributed by atoms with van der Waals surface area (Å²) in [5.41, 5.74) is 1.72. The van der Waals surface area contributed by atoms with Crippen LogP contribution in [0.15, 0.2) is 29.4 Å². The van der Waals surface area contributed by atoms with Gasteiger partial charge in [0.15, 0.2) is 5.25 Å². The Labute approximate surface area is 118 Å². The lowest BCUT2D eigenvalue weighted by Gasteiger charge is -2.11. The number of amides is 1. The van der Waals surface area contributed by atoms with Gasteiger partial charge in [-0.2, -0.15) is 8.42 Å². The van der Waals surface area contributed by atoms with Gasteiger partial charge in [0.05, 0.1) is 0 Å². The minimum Gasteiger partial charge on any atom is -0.293 e. The predicted molar refractivity (Wildman–Crippen MR) is 74.8 cm³/mol. The van der Waals surface area contributed by atoms with Crippen LogP contribution < -0.4 is 11.3 Å². The third-order valence-electron chi connectivity index (χ3n) is 2.04. The van der Waals surface area contributed by atoms with Crippen LogP contribution in [0.5, 0.6) is 0 Å². The molecule has 1 rings (SSSR count). The lowest BCUT2D eigenvalue weighted by molar-refractivity contribution is -0.120. The van der Waals surface area contributed by atoms with Crippen LogP contribution in [0.2, 0.25) is 0 Å². The van der Waals surface area contributed by atoms with E-state index in [1.165, 1.54) is 21.6 Å². The van der Waals surface area contributed by atoms with E-state index in [9.17, 15) is 13.2 Å². The van der Waals surface area contributed by atoms with Crippen molar-refractivity contribution in [1.29, 1.82) is 0 Å². The fourth-order valence-electron chi connectivity index (χ4n) is 1.16. The van der Waals surface area contributed by atoms with Gasteiger partial charge in [-0.3, -0.25) is 14.8 Å². The minimum absolute atomic E-state index is 0.0354. The summed E-state index contributed by atoms with van der Waals surface area (Å²) in [6, 6.07) is 5.43. The molecule has 1 aromatic rings. The molecule has 0 bridgehead atoms. The van der Waals surface area contributed by atoms with Gasteiger partial charge >= 0.3 is 0 Å². The highest BCUT2D eigenvalue weighted by Crippen LogP contribution is 2.30. The number of hydrogen-bond donors (Lipinski definition) is 3. The fraction of sp³-hybridized carbons (Fsp3) is 0.333. The van der Waals surface area contributed by atoms with Crippen molar-refractivity contribution >= 4 is 37.6 Å². The second-order valence-electron chi connectivity index (χ2n) is 3.37. The van der Waals surface area contributed by atoms with E-state index in [0.717, 1.165) is 5.03 Å². The summed E-state index contributed by atoms with van der Waals surface area (Å²) in [4.78, 5) is 15.3. The van der Waals surface area contributed by atoms with Crippen molar-refractivity contribution in [1.82, 2.24) is 10.4 Å². The van der Waals surface area contributed by atoms with Gasteiger partial charge in [0, 0.05) is 11.9 Å². The molecule has 0 saturated carbocycles. The van der Waals surface area contributed by atoms with Crippen LogP contribution >= 0.6 is 21.6 Å². The standard InChI is InChI=1S/C9H13N3O4S3/c10-12-9(13)7(19(14,15)16)4-6-17-18-8-3-1-2-5-11-8/h1-3,5,7H,4,6,10H2,(H,12,13)(H,14,15,16). The first-order chi connectivity index (χ1) is 8.95. The molecule has 1 unspecified atom stereocenters. The zero-order valence-electron chi connectivity index (χ0n) is 9.72. The molecule has 0 radical (unpaired) electrons. The highest BCUT2D eigenvalue weighted by Gasteiger charge is 2.30. The predicted octanol–water partition coefficient (Wildman–Crippen LogP) is 0.458. The topological polar surface area (TPSA) is 122 Å². The number of nitrogens with two attached hydrogens (primary N) is 1. The van der Waals surface area contributed by atoms with E-state index in [2.05, 4.69) is 4.98 Å². The lowest BCUT2D eigenvalue weighted by Crippen LogP contribution is -2.43. The zero-order valence-corrected chi connectivity index (χ0v) is 12.2. The molecule has 0 spiro atoms. The van der Waals surface area contributed by atoms with Crippen molar-refractivity contribution in [2.75, 3.05) is 5.75 Å². The van der Waals surface area contributed by atoms with Crippen molar-refractivity contribution in [3.05, 3.63) is 24.4 Å². The van der Waals surface area contributed by atoms with E-state index >= 15 is 0 Å². The average molecular weight is 323 g/mol. The summed E-state index contributed by atoms with van der Waals surface area (Å²) in [6.45, 7) is 0. The Morgan fingerprint density at radius 2 is 2.26 bits per heavy atom. The molecular weight excluding hydrogens is 310 g/mol. The van der Waals surface area contributed by atoms with Crippen LogP contribution in [0.1, 0.15) is 6.42 Å². The first-order valence-electron chi connectivity index (χ1n) is 5.12. The number of nitrogens with one attached hydrogen (secondary N) is 1. The maximum atomic E-state index is 11.2. The second-order valence-corrected chi connectivity index (χ2v) is 7.41. The van der Waals surface area contributed by atoms with Crippen molar-refractivity contribution < 1.29 is 17.8 Å². The summed E-state index contributed by atoms with van der Waals surface area (Å²) in [5, 5.41) is -0.770. The van der Waals surface area contributed by atoms with Crippen molar-refractivity contribution in [3.8, 4) is 0 Å². The Balaban J connectivity index is 2.43. The maximum Gasteiger partial charge on any atom is 0.277 e. The number of hydrazine groups is 1. The van der Waals surface area contributed by atoms with E-state index in [4.69, 9.17) is 10.4 Å². The minimum atomic E-state index is -4.45. The van der Waals surface area contributed by atoms with E-state index in [1.807, 2.05) is 12.1 Å². The molecule has 1 heterocycles. The molecule has 0 fully saturated rings. The average Bonchev–Trinajstić information content (AvgIpc) is 2.37. The van der Waals surface area contributed by atoms with E-state index in [0.29, 0.717) is 5.75 Å². The molecule has 1 atom stereocenters. The van der Waals surface area contributed by atoms with Gasteiger partial charge in [0.2, 0.25) is 0 Å². The summed E-state index contributed by atoms with van der Waals surface area (Å²) >= 11 is 0. The van der Waals surface area contributed by atoms with Crippen LogP contribution in [0.3, 0.4) is 0 Å². The Bertz CT molecular complexity index is 509. The lowest BCUT2D eigenvalue weighted by atomic mass is 10.3.